The fourth-order valence-electron chi connectivity index (χ4n) is 4.01. The molecule has 0 saturated heterocycles. The van der Waals surface area contributed by atoms with E-state index in [0.29, 0.717) is 0 Å². The molecule has 0 aromatic heterocycles. The van der Waals surface area contributed by atoms with Gasteiger partial charge in [0.15, 0.2) is 5.92 Å². The van der Waals surface area contributed by atoms with Crippen molar-refractivity contribution < 1.29 is 37.4 Å². The van der Waals surface area contributed by atoms with Crippen LogP contribution in [0.4, 0.5) is 18.0 Å². The maximum Gasteiger partial charge on any atom is 0.407 e. The molecule has 0 aliphatic heterocycles. The third-order valence-electron chi connectivity index (χ3n) is 5.67. The first-order chi connectivity index (χ1) is 16.5. The van der Waals surface area contributed by atoms with Crippen LogP contribution in [0.15, 0.2) is 48.5 Å². The summed E-state index contributed by atoms with van der Waals surface area (Å²) in [6.45, 7) is -1.40. The number of halogens is 3. The number of fused-ring (bicyclic) bond motifs is 3. The van der Waals surface area contributed by atoms with Crippen LogP contribution in [0.5, 0.6) is 0 Å². The molecule has 3 N–H and O–H groups in total. The van der Waals surface area contributed by atoms with Crippen molar-refractivity contribution in [3.8, 4) is 11.1 Å². The van der Waals surface area contributed by atoms with Gasteiger partial charge in [0.05, 0.1) is 0 Å². The number of amides is 2. The summed E-state index contributed by atoms with van der Waals surface area (Å²) in [7, 11) is 3.03. The van der Waals surface area contributed by atoms with Gasteiger partial charge in [0.1, 0.15) is 12.6 Å². The normalized spacial score (nSPS) is 14.6. The Balaban J connectivity index is 1.62. The lowest BCUT2D eigenvalue weighted by Crippen LogP contribution is -2.53. The van der Waals surface area contributed by atoms with Crippen molar-refractivity contribution in [1.29, 1.82) is 0 Å². The minimum atomic E-state index is -5.01. The molecule has 0 fully saturated rings. The molecule has 35 heavy (non-hydrogen) atoms. The largest absolute Gasteiger partial charge is 0.480 e. The predicted molar refractivity (Wildman–Crippen MR) is 121 cm³/mol. The minimum Gasteiger partial charge on any atom is -0.480 e. The lowest BCUT2D eigenvalue weighted by atomic mass is 9.98. The molecule has 2 atom stereocenters. The van der Waals surface area contributed by atoms with Crippen LogP contribution in [0.2, 0.25) is 0 Å². The molecule has 2 aromatic rings. The molecule has 0 heterocycles. The van der Waals surface area contributed by atoms with E-state index >= 15 is 0 Å². The van der Waals surface area contributed by atoms with Gasteiger partial charge in [-0.2, -0.15) is 13.2 Å². The van der Waals surface area contributed by atoms with E-state index in [-0.39, 0.29) is 19.1 Å². The Morgan fingerprint density at radius 3 is 2.06 bits per heavy atom. The van der Waals surface area contributed by atoms with Crippen LogP contribution in [-0.2, 0) is 14.3 Å². The summed E-state index contributed by atoms with van der Waals surface area (Å²) in [4.78, 5) is 37.2. The van der Waals surface area contributed by atoms with Crippen molar-refractivity contribution in [2.45, 2.75) is 18.1 Å². The number of rotatable bonds is 9. The SMILES string of the molecule is CN(C)C[C@H](NC(=O)C(CNC(=O)OCC1c2ccccc2-c2ccccc21)C(F)(F)F)C(=O)O. The Morgan fingerprint density at radius 1 is 1.03 bits per heavy atom. The molecule has 3 rings (SSSR count). The van der Waals surface area contributed by atoms with Gasteiger partial charge in [0.25, 0.3) is 0 Å². The molecule has 188 valence electrons. The Hall–Kier alpha value is -3.60. The average Bonchev–Trinajstić information content (AvgIpc) is 3.10. The van der Waals surface area contributed by atoms with E-state index in [1.54, 1.807) is 0 Å². The highest BCUT2D eigenvalue weighted by Gasteiger charge is 2.46. The van der Waals surface area contributed by atoms with Gasteiger partial charge in [-0.05, 0) is 36.3 Å². The van der Waals surface area contributed by atoms with Crippen LogP contribution < -0.4 is 10.6 Å². The Labute approximate surface area is 200 Å². The number of alkyl halides is 3. The fraction of sp³-hybridized carbons (Fsp3) is 0.375. The molecule has 2 aromatic carbocycles. The summed E-state index contributed by atoms with van der Waals surface area (Å²) >= 11 is 0. The second-order valence-corrected chi connectivity index (χ2v) is 8.46. The number of ether oxygens (including phenoxy) is 1. The van der Waals surface area contributed by atoms with Gasteiger partial charge >= 0.3 is 18.2 Å². The van der Waals surface area contributed by atoms with Crippen molar-refractivity contribution in [2.24, 2.45) is 5.92 Å². The van der Waals surface area contributed by atoms with Gasteiger partial charge in [-0.1, -0.05) is 48.5 Å². The highest BCUT2D eigenvalue weighted by atomic mass is 19.4. The van der Waals surface area contributed by atoms with E-state index in [9.17, 15) is 32.7 Å². The number of benzene rings is 2. The van der Waals surface area contributed by atoms with E-state index in [0.717, 1.165) is 22.3 Å². The highest BCUT2D eigenvalue weighted by molar-refractivity contribution is 5.86. The lowest BCUT2D eigenvalue weighted by Gasteiger charge is -2.24. The number of hydrogen-bond donors (Lipinski definition) is 3. The molecule has 8 nitrogen and oxygen atoms in total. The Kier molecular flexibility index (Phi) is 8.00. The summed E-state index contributed by atoms with van der Waals surface area (Å²) < 4.78 is 45.7. The number of nitrogens with one attached hydrogen (secondary N) is 2. The fourth-order valence-corrected chi connectivity index (χ4v) is 4.01. The van der Waals surface area contributed by atoms with Gasteiger partial charge in [-0.25, -0.2) is 9.59 Å². The lowest BCUT2D eigenvalue weighted by molar-refractivity contribution is -0.182. The number of nitrogens with zero attached hydrogens (tertiary/aromatic N) is 1. The van der Waals surface area contributed by atoms with Gasteiger partial charge in [0.2, 0.25) is 5.91 Å². The van der Waals surface area contributed by atoms with Gasteiger partial charge < -0.3 is 25.4 Å². The van der Waals surface area contributed by atoms with Crippen LogP contribution in [-0.4, -0.2) is 74.0 Å². The van der Waals surface area contributed by atoms with Crippen LogP contribution in [0.25, 0.3) is 11.1 Å². The third kappa shape index (κ3) is 6.30. The van der Waals surface area contributed by atoms with E-state index < -0.39 is 42.7 Å². The first kappa shape index (κ1) is 26.0. The number of likely N-dealkylation sites (N-methyl/N-ethyl adjacent to an activating group) is 1. The molecule has 1 aliphatic rings. The monoisotopic (exact) mass is 493 g/mol. The maximum atomic E-state index is 13.5. The summed E-state index contributed by atoms with van der Waals surface area (Å²) in [6, 6.07) is 13.6. The summed E-state index contributed by atoms with van der Waals surface area (Å²) in [5.74, 6) is -5.95. The van der Waals surface area contributed by atoms with Crippen molar-refractivity contribution in [2.75, 3.05) is 33.8 Å². The Morgan fingerprint density at radius 2 is 1.57 bits per heavy atom. The first-order valence-electron chi connectivity index (χ1n) is 10.8. The molecule has 0 radical (unpaired) electrons. The number of carbonyl (C=O) groups is 3. The zero-order valence-electron chi connectivity index (χ0n) is 19.1. The number of carbonyl (C=O) groups excluding carboxylic acids is 2. The predicted octanol–water partition coefficient (Wildman–Crippen LogP) is 2.83. The molecule has 1 unspecified atom stereocenters. The maximum absolute atomic E-state index is 13.5. The number of alkyl carbamates (subject to hydrolysis) is 1. The molecular weight excluding hydrogens is 467 g/mol. The van der Waals surface area contributed by atoms with E-state index in [4.69, 9.17) is 4.74 Å². The zero-order valence-corrected chi connectivity index (χ0v) is 19.1. The third-order valence-corrected chi connectivity index (χ3v) is 5.67. The second kappa shape index (κ2) is 10.8. The van der Waals surface area contributed by atoms with Gasteiger partial charge in [0, 0.05) is 19.0 Å². The number of carboxylic acid groups (broad SMARTS) is 1. The minimum absolute atomic E-state index is 0.105. The van der Waals surface area contributed by atoms with Gasteiger partial charge in [-0.3, -0.25) is 4.79 Å². The Bertz CT molecular complexity index is 1040. The quantitative estimate of drug-likeness (QED) is 0.496. The first-order valence-corrected chi connectivity index (χ1v) is 10.8. The van der Waals surface area contributed by atoms with E-state index in [1.807, 2.05) is 59.2 Å². The van der Waals surface area contributed by atoms with Crippen LogP contribution >= 0.6 is 0 Å². The van der Waals surface area contributed by atoms with Crippen LogP contribution in [0.1, 0.15) is 17.0 Å². The van der Waals surface area contributed by atoms with Crippen LogP contribution in [0, 0.1) is 5.92 Å². The van der Waals surface area contributed by atoms with Crippen molar-refractivity contribution in [1.82, 2.24) is 15.5 Å². The second-order valence-electron chi connectivity index (χ2n) is 8.46. The van der Waals surface area contributed by atoms with Gasteiger partial charge in [-0.15, -0.1) is 0 Å². The van der Waals surface area contributed by atoms with Crippen molar-refractivity contribution >= 4 is 18.0 Å². The topological polar surface area (TPSA) is 108 Å². The molecule has 11 heteroatoms. The molecular formula is C24H26F3N3O5. The van der Waals surface area contributed by atoms with E-state index in [2.05, 4.69) is 0 Å². The molecule has 0 saturated carbocycles. The average molecular weight is 493 g/mol. The highest BCUT2D eigenvalue weighted by Crippen LogP contribution is 2.44. The van der Waals surface area contributed by atoms with Crippen molar-refractivity contribution in [3.05, 3.63) is 59.7 Å². The molecule has 0 spiro atoms. The molecule has 1 aliphatic carbocycles. The van der Waals surface area contributed by atoms with Crippen molar-refractivity contribution in [3.63, 3.8) is 0 Å². The molecule has 0 bridgehead atoms. The number of carboxylic acids is 1. The van der Waals surface area contributed by atoms with E-state index in [1.165, 1.54) is 19.0 Å². The molecule has 2 amide bonds. The number of aliphatic carboxylic acids is 1. The standard InChI is InChI=1S/C24H26F3N3O5/c1-30(2)12-20(22(32)33)29-21(31)19(24(25,26)27)11-28-23(34)35-13-18-16-9-5-3-7-14(16)15-8-4-6-10-17(15)18/h3-10,18-20H,11-13H2,1-2H3,(H,28,34)(H,29,31)(H,32,33)/t19?,20-/m0/s1. The zero-order chi connectivity index (χ0) is 25.8. The summed E-state index contributed by atoms with van der Waals surface area (Å²) in [5, 5.41) is 13.0. The summed E-state index contributed by atoms with van der Waals surface area (Å²) in [6.07, 6.45) is -6.13. The smallest absolute Gasteiger partial charge is 0.407 e. The summed E-state index contributed by atoms with van der Waals surface area (Å²) in [5.41, 5.74) is 3.87. The number of hydrogen-bond acceptors (Lipinski definition) is 5. The van der Waals surface area contributed by atoms with Crippen LogP contribution in [0.3, 0.4) is 0 Å².